The lowest BCUT2D eigenvalue weighted by Gasteiger charge is -2.21. The van der Waals surface area contributed by atoms with Gasteiger partial charge in [0.05, 0.1) is 0 Å². The van der Waals surface area contributed by atoms with Crippen molar-refractivity contribution in [2.45, 2.75) is 25.9 Å². The second-order valence-corrected chi connectivity index (χ2v) is 4.75. The number of nitrogens with one attached hydrogen (secondary N) is 1. The van der Waals surface area contributed by atoms with Crippen LogP contribution in [0.5, 0.6) is 0 Å². The quantitative estimate of drug-likeness (QED) is 0.795. The van der Waals surface area contributed by atoms with Gasteiger partial charge < -0.3 is 16.0 Å². The van der Waals surface area contributed by atoms with E-state index in [4.69, 9.17) is 5.73 Å². The van der Waals surface area contributed by atoms with E-state index in [1.165, 1.54) is 0 Å². The lowest BCUT2D eigenvalue weighted by molar-refractivity contribution is -0.122. The van der Waals surface area contributed by atoms with Crippen LogP contribution in [-0.2, 0) is 4.79 Å². The van der Waals surface area contributed by atoms with Gasteiger partial charge in [-0.2, -0.15) is 0 Å². The molecule has 0 saturated carbocycles. The Kier molecular flexibility index (Phi) is 5.82. The number of likely N-dealkylation sites (N-methyl/N-ethyl adjacent to an activating group) is 1. The van der Waals surface area contributed by atoms with E-state index in [2.05, 4.69) is 24.1 Å². The molecule has 0 saturated heterocycles. The molecule has 4 nitrogen and oxygen atoms in total. The van der Waals surface area contributed by atoms with Gasteiger partial charge in [0, 0.05) is 19.1 Å². The van der Waals surface area contributed by atoms with Gasteiger partial charge in [0.1, 0.15) is 6.04 Å². The van der Waals surface area contributed by atoms with E-state index in [-0.39, 0.29) is 5.91 Å². The first-order valence-corrected chi connectivity index (χ1v) is 6.31. The molecular weight excluding hydrogens is 226 g/mol. The summed E-state index contributed by atoms with van der Waals surface area (Å²) in [6.45, 7) is 5.69. The van der Waals surface area contributed by atoms with Crippen LogP contribution in [-0.4, -0.2) is 37.0 Å². The first kappa shape index (κ1) is 14.7. The van der Waals surface area contributed by atoms with Crippen molar-refractivity contribution in [1.82, 2.24) is 10.2 Å². The maximum Gasteiger partial charge on any atom is 0.241 e. The van der Waals surface area contributed by atoms with Crippen LogP contribution in [0, 0.1) is 0 Å². The first-order valence-electron chi connectivity index (χ1n) is 6.31. The van der Waals surface area contributed by atoms with Crippen LogP contribution in [0.3, 0.4) is 0 Å². The highest BCUT2D eigenvalue weighted by atomic mass is 16.2. The Morgan fingerprint density at radius 3 is 2.50 bits per heavy atom. The van der Waals surface area contributed by atoms with Gasteiger partial charge in [0.25, 0.3) is 0 Å². The topological polar surface area (TPSA) is 58.4 Å². The average molecular weight is 249 g/mol. The summed E-state index contributed by atoms with van der Waals surface area (Å²) in [7, 11) is 2.04. The molecule has 1 aromatic rings. The highest BCUT2D eigenvalue weighted by molar-refractivity contribution is 5.82. The Labute approximate surface area is 109 Å². The van der Waals surface area contributed by atoms with Gasteiger partial charge in [-0.05, 0) is 26.5 Å². The predicted octanol–water partition coefficient (Wildman–Crippen LogP) is 1.14. The molecule has 0 bridgehead atoms. The minimum Gasteiger partial charge on any atom is -0.353 e. The number of nitrogens with zero attached hydrogens (tertiary/aromatic N) is 1. The van der Waals surface area contributed by atoms with Crippen LogP contribution in [0.15, 0.2) is 30.3 Å². The van der Waals surface area contributed by atoms with Crippen molar-refractivity contribution >= 4 is 5.91 Å². The Morgan fingerprint density at radius 2 is 1.94 bits per heavy atom. The standard InChI is InChI=1S/C14H23N3O/c1-11(2)17(3)10-9-16-14(18)13(15)12-7-5-4-6-8-12/h4-8,11,13H,9-10,15H2,1-3H3,(H,16,18). The summed E-state index contributed by atoms with van der Waals surface area (Å²) in [6, 6.07) is 9.30. The summed E-state index contributed by atoms with van der Waals surface area (Å²) in [5, 5.41) is 2.86. The third-order valence-corrected chi connectivity index (χ3v) is 3.09. The highest BCUT2D eigenvalue weighted by Gasteiger charge is 2.14. The smallest absolute Gasteiger partial charge is 0.241 e. The van der Waals surface area contributed by atoms with Gasteiger partial charge in [-0.15, -0.1) is 0 Å². The van der Waals surface area contributed by atoms with Crippen molar-refractivity contribution in [3.05, 3.63) is 35.9 Å². The van der Waals surface area contributed by atoms with Crippen molar-refractivity contribution in [2.75, 3.05) is 20.1 Å². The summed E-state index contributed by atoms with van der Waals surface area (Å²) in [5.74, 6) is -0.127. The lowest BCUT2D eigenvalue weighted by Crippen LogP contribution is -2.39. The van der Waals surface area contributed by atoms with Crippen LogP contribution < -0.4 is 11.1 Å². The number of benzene rings is 1. The Bertz CT molecular complexity index is 365. The molecule has 0 radical (unpaired) electrons. The molecule has 1 amide bonds. The molecule has 0 aliphatic carbocycles. The molecule has 100 valence electrons. The van der Waals surface area contributed by atoms with Crippen LogP contribution in [0.1, 0.15) is 25.5 Å². The zero-order valence-electron chi connectivity index (χ0n) is 11.4. The van der Waals surface area contributed by atoms with E-state index >= 15 is 0 Å². The zero-order chi connectivity index (χ0) is 13.5. The lowest BCUT2D eigenvalue weighted by atomic mass is 10.1. The van der Waals surface area contributed by atoms with Crippen LogP contribution in [0.2, 0.25) is 0 Å². The molecule has 1 atom stereocenters. The van der Waals surface area contributed by atoms with Gasteiger partial charge in [-0.3, -0.25) is 4.79 Å². The number of carbonyl (C=O) groups is 1. The van der Waals surface area contributed by atoms with Crippen LogP contribution in [0.25, 0.3) is 0 Å². The molecule has 1 rings (SSSR count). The van der Waals surface area contributed by atoms with Crippen LogP contribution >= 0.6 is 0 Å². The fourth-order valence-corrected chi connectivity index (χ4v) is 1.54. The molecule has 0 fully saturated rings. The van der Waals surface area contributed by atoms with Gasteiger partial charge in [0.15, 0.2) is 0 Å². The fourth-order valence-electron chi connectivity index (χ4n) is 1.54. The molecule has 1 unspecified atom stereocenters. The monoisotopic (exact) mass is 249 g/mol. The van der Waals surface area contributed by atoms with E-state index in [0.717, 1.165) is 12.1 Å². The highest BCUT2D eigenvalue weighted by Crippen LogP contribution is 2.08. The summed E-state index contributed by atoms with van der Waals surface area (Å²) < 4.78 is 0. The van der Waals surface area contributed by atoms with E-state index in [1.807, 2.05) is 37.4 Å². The number of amides is 1. The Balaban J connectivity index is 2.37. The number of hydrogen-bond acceptors (Lipinski definition) is 3. The molecule has 0 heterocycles. The molecule has 0 aromatic heterocycles. The van der Waals surface area contributed by atoms with Gasteiger partial charge in [-0.25, -0.2) is 0 Å². The zero-order valence-corrected chi connectivity index (χ0v) is 11.4. The summed E-state index contributed by atoms with van der Waals surface area (Å²) in [4.78, 5) is 14.0. The number of hydrogen-bond donors (Lipinski definition) is 2. The van der Waals surface area contributed by atoms with Crippen molar-refractivity contribution in [3.8, 4) is 0 Å². The van der Waals surface area contributed by atoms with Gasteiger partial charge >= 0.3 is 0 Å². The van der Waals surface area contributed by atoms with Gasteiger partial charge in [0.2, 0.25) is 5.91 Å². The number of carbonyl (C=O) groups excluding carboxylic acids is 1. The third-order valence-electron chi connectivity index (χ3n) is 3.09. The Hall–Kier alpha value is -1.39. The predicted molar refractivity (Wildman–Crippen MR) is 74.1 cm³/mol. The van der Waals surface area contributed by atoms with Gasteiger partial charge in [-0.1, -0.05) is 30.3 Å². The SMILES string of the molecule is CC(C)N(C)CCNC(=O)C(N)c1ccccc1. The number of nitrogens with two attached hydrogens (primary N) is 1. The molecule has 4 heteroatoms. The van der Waals surface area contributed by atoms with E-state index in [9.17, 15) is 4.79 Å². The molecular formula is C14H23N3O. The van der Waals surface area contributed by atoms with Crippen molar-refractivity contribution in [1.29, 1.82) is 0 Å². The average Bonchev–Trinajstić information content (AvgIpc) is 2.38. The van der Waals surface area contributed by atoms with E-state index in [0.29, 0.717) is 12.6 Å². The second kappa shape index (κ2) is 7.13. The summed E-state index contributed by atoms with van der Waals surface area (Å²) >= 11 is 0. The fraction of sp³-hybridized carbons (Fsp3) is 0.500. The maximum atomic E-state index is 11.8. The maximum absolute atomic E-state index is 11.8. The third kappa shape index (κ3) is 4.47. The normalized spacial score (nSPS) is 12.8. The minimum absolute atomic E-state index is 0.127. The molecule has 0 spiro atoms. The van der Waals surface area contributed by atoms with E-state index in [1.54, 1.807) is 0 Å². The molecule has 0 aliphatic heterocycles. The summed E-state index contributed by atoms with van der Waals surface area (Å²) in [5.41, 5.74) is 6.73. The van der Waals surface area contributed by atoms with Crippen molar-refractivity contribution < 1.29 is 4.79 Å². The minimum atomic E-state index is -0.587. The largest absolute Gasteiger partial charge is 0.353 e. The second-order valence-electron chi connectivity index (χ2n) is 4.75. The first-order chi connectivity index (χ1) is 8.52. The molecule has 1 aromatic carbocycles. The van der Waals surface area contributed by atoms with E-state index < -0.39 is 6.04 Å². The summed E-state index contributed by atoms with van der Waals surface area (Å²) in [6.07, 6.45) is 0. The van der Waals surface area contributed by atoms with Crippen molar-refractivity contribution in [3.63, 3.8) is 0 Å². The Morgan fingerprint density at radius 1 is 1.33 bits per heavy atom. The molecule has 18 heavy (non-hydrogen) atoms. The molecule has 0 aliphatic rings. The van der Waals surface area contributed by atoms with Crippen molar-refractivity contribution in [2.24, 2.45) is 5.73 Å². The molecule has 3 N–H and O–H groups in total. The number of rotatable bonds is 6. The van der Waals surface area contributed by atoms with Crippen LogP contribution in [0.4, 0.5) is 0 Å².